The van der Waals surface area contributed by atoms with Crippen LogP contribution in [0.5, 0.6) is 0 Å². The molecule has 0 amide bonds. The number of aliphatic hydroxyl groups is 1. The Morgan fingerprint density at radius 2 is 2.50 bits per heavy atom. The second-order valence-electron chi connectivity index (χ2n) is 3.56. The molecule has 0 heterocycles. The lowest BCUT2D eigenvalue weighted by Gasteiger charge is -2.32. The van der Waals surface area contributed by atoms with E-state index in [9.17, 15) is 5.11 Å². The van der Waals surface area contributed by atoms with E-state index in [1.165, 1.54) is 0 Å². The molecule has 1 fully saturated rings. The van der Waals surface area contributed by atoms with Crippen molar-refractivity contribution in [2.45, 2.75) is 43.9 Å². The molecule has 0 bridgehead atoms. The minimum Gasteiger partial charge on any atom is -0.390 e. The summed E-state index contributed by atoms with van der Waals surface area (Å²) in [5.74, 6) is 0.422. The smallest absolute Gasteiger partial charge is 0.0832 e. The molecule has 3 heteroatoms. The van der Waals surface area contributed by atoms with E-state index in [1.54, 1.807) is 7.11 Å². The SMILES string of the molecule is [3H][Si]([3H])([3H])CCC1CCC(O)C(OC)C1. The fourth-order valence-corrected chi connectivity index (χ4v) is 2.32. The Kier molecular flexibility index (Phi) is 2.73. The molecule has 0 radical (unpaired) electrons. The summed E-state index contributed by atoms with van der Waals surface area (Å²) in [6.45, 7) is 0. The molecule has 0 aromatic rings. The third-order valence-corrected chi connectivity index (χ3v) is 3.01. The van der Waals surface area contributed by atoms with Crippen LogP contribution in [0.4, 0.5) is 0 Å². The molecule has 1 aliphatic rings. The van der Waals surface area contributed by atoms with E-state index in [4.69, 9.17) is 8.44 Å². The van der Waals surface area contributed by atoms with Crippen LogP contribution < -0.4 is 0 Å². The molecule has 0 aliphatic heterocycles. The van der Waals surface area contributed by atoms with Gasteiger partial charge < -0.3 is 9.84 Å². The molecule has 0 saturated heterocycles. The van der Waals surface area contributed by atoms with Gasteiger partial charge in [-0.15, -0.1) is 0 Å². The lowest BCUT2D eigenvalue weighted by atomic mass is 9.84. The van der Waals surface area contributed by atoms with Crippen LogP contribution >= 0.6 is 0 Å². The van der Waals surface area contributed by atoms with Crippen LogP contribution in [0.3, 0.4) is 0 Å². The third-order valence-electron chi connectivity index (χ3n) is 2.72. The molecule has 0 aromatic heterocycles. The van der Waals surface area contributed by atoms with Gasteiger partial charge in [0.05, 0.1) is 12.2 Å². The first kappa shape index (κ1) is 6.57. The summed E-state index contributed by atoms with van der Waals surface area (Å²) in [6.07, 6.45) is 2.80. The number of aliphatic hydroxyl groups excluding tert-OH is 1. The zero-order valence-corrected chi connectivity index (χ0v) is 8.62. The lowest BCUT2D eigenvalue weighted by molar-refractivity contribution is -0.0507. The second kappa shape index (κ2) is 4.99. The minimum atomic E-state index is -3.14. The summed E-state index contributed by atoms with van der Waals surface area (Å²) >= 11 is 0. The van der Waals surface area contributed by atoms with Crippen molar-refractivity contribution in [2.24, 2.45) is 5.92 Å². The Balaban J connectivity index is 2.32. The number of ether oxygens (including phenoxy) is 1. The Hall–Kier alpha value is 0.137. The van der Waals surface area contributed by atoms with Crippen molar-refractivity contribution in [3.63, 3.8) is 0 Å². The maximum atomic E-state index is 9.59. The summed E-state index contributed by atoms with van der Waals surface area (Å²) in [7, 11) is -1.54. The van der Waals surface area contributed by atoms with Crippen molar-refractivity contribution in [1.29, 1.82) is 3.70 Å². The highest BCUT2D eigenvalue weighted by molar-refractivity contribution is 6.08. The molecule has 1 N–H and O–H groups in total. The van der Waals surface area contributed by atoms with Gasteiger partial charge in [-0.2, -0.15) is 0 Å². The molecule has 2 nitrogen and oxygen atoms in total. The predicted molar refractivity (Wildman–Crippen MR) is 53.5 cm³/mol. The number of hydrogen-bond donors (Lipinski definition) is 1. The molecule has 1 aliphatic carbocycles. The van der Waals surface area contributed by atoms with E-state index in [-0.39, 0.29) is 12.2 Å². The Morgan fingerprint density at radius 3 is 3.17 bits per heavy atom. The minimum absolute atomic E-state index is 0.0954. The first-order valence-electron chi connectivity index (χ1n) is 6.13. The van der Waals surface area contributed by atoms with Gasteiger partial charge in [0.2, 0.25) is 0 Å². The Morgan fingerprint density at radius 1 is 1.67 bits per heavy atom. The van der Waals surface area contributed by atoms with E-state index in [1.807, 2.05) is 0 Å². The van der Waals surface area contributed by atoms with Crippen LogP contribution in [-0.2, 0) is 4.74 Å². The van der Waals surface area contributed by atoms with Crippen LogP contribution in [0.25, 0.3) is 0 Å². The van der Waals surface area contributed by atoms with Gasteiger partial charge >= 0.3 is 0 Å². The van der Waals surface area contributed by atoms with Crippen LogP contribution in [0.1, 0.15) is 25.7 Å². The van der Waals surface area contributed by atoms with Crippen molar-refractivity contribution in [3.05, 3.63) is 0 Å². The fraction of sp³-hybridized carbons (Fsp3) is 1.00. The largest absolute Gasteiger partial charge is 0.390 e. The summed E-state index contributed by atoms with van der Waals surface area (Å²) in [6, 6.07) is 0.407. The first-order chi connectivity index (χ1) is 6.92. The van der Waals surface area contributed by atoms with E-state index < -0.39 is 10.0 Å². The molecule has 72 valence electrons. The quantitative estimate of drug-likeness (QED) is 0.654. The molecular formula is C9H20O2Si. The maximum Gasteiger partial charge on any atom is 0.0832 e. The average molecular weight is 194 g/mol. The van der Waals surface area contributed by atoms with Crippen LogP contribution in [0.15, 0.2) is 0 Å². The maximum absolute atomic E-state index is 9.59. The molecule has 0 aromatic carbocycles. The van der Waals surface area contributed by atoms with Crippen molar-refractivity contribution < 1.29 is 9.84 Å². The molecule has 1 saturated carbocycles. The van der Waals surface area contributed by atoms with E-state index in [0.717, 1.165) is 25.7 Å². The van der Waals surface area contributed by atoms with E-state index in [2.05, 4.69) is 0 Å². The molecular weight excluding hydrogens is 168 g/mol. The summed E-state index contributed by atoms with van der Waals surface area (Å²) in [5, 5.41) is 9.59. The highest BCUT2D eigenvalue weighted by Gasteiger charge is 2.28. The number of methoxy groups -OCH3 is 1. The van der Waals surface area contributed by atoms with Crippen molar-refractivity contribution in [3.8, 4) is 0 Å². The summed E-state index contributed by atoms with van der Waals surface area (Å²) < 4.78 is 27.0. The summed E-state index contributed by atoms with van der Waals surface area (Å²) in [4.78, 5) is 0. The normalized spacial score (nSPS) is 41.5. The lowest BCUT2D eigenvalue weighted by Crippen LogP contribution is -2.35. The highest BCUT2D eigenvalue weighted by atomic mass is 28.1. The number of rotatable bonds is 4. The Labute approximate surface area is 81.4 Å². The van der Waals surface area contributed by atoms with Gasteiger partial charge in [-0.05, 0) is 25.2 Å². The standard InChI is InChI=1S/C9H20O2Si/c1-11-9-6-7(4-5-12)2-3-8(9)10/h7-10H,2-6H2,1,12H3/i12T3. The molecule has 0 spiro atoms. The van der Waals surface area contributed by atoms with E-state index >= 15 is 0 Å². The predicted octanol–water partition coefficient (Wildman–Crippen LogP) is 0.336. The highest BCUT2D eigenvalue weighted by Crippen LogP contribution is 2.29. The third kappa shape index (κ3) is 2.57. The Bertz CT molecular complexity index is 198. The van der Waals surface area contributed by atoms with Crippen molar-refractivity contribution in [2.75, 3.05) is 7.11 Å². The topological polar surface area (TPSA) is 29.5 Å². The zero-order chi connectivity index (χ0) is 11.5. The van der Waals surface area contributed by atoms with Crippen LogP contribution in [-0.4, -0.2) is 38.2 Å². The van der Waals surface area contributed by atoms with Crippen LogP contribution in [0.2, 0.25) is 6.04 Å². The van der Waals surface area contributed by atoms with Gasteiger partial charge in [0.25, 0.3) is 0 Å². The number of hydrogen-bond acceptors (Lipinski definition) is 2. The van der Waals surface area contributed by atoms with Gasteiger partial charge in [-0.25, -0.2) is 0 Å². The van der Waals surface area contributed by atoms with Gasteiger partial charge in [0.1, 0.15) is 0 Å². The second-order valence-corrected chi connectivity index (χ2v) is 4.06. The fourth-order valence-electron chi connectivity index (χ4n) is 1.92. The summed E-state index contributed by atoms with van der Waals surface area (Å²) in [5.41, 5.74) is 0. The monoisotopic (exact) mass is 194 g/mol. The first-order valence-corrected chi connectivity index (χ1v) is 5.34. The van der Waals surface area contributed by atoms with E-state index in [0.29, 0.717) is 12.0 Å². The average Bonchev–Trinajstić information content (AvgIpc) is 2.15. The van der Waals surface area contributed by atoms with Gasteiger partial charge in [0.15, 0.2) is 0 Å². The molecule has 3 atom stereocenters. The molecule has 3 unspecified atom stereocenters. The van der Waals surface area contributed by atoms with Gasteiger partial charge in [-0.1, -0.05) is 12.5 Å². The van der Waals surface area contributed by atoms with Gasteiger partial charge in [-0.3, -0.25) is 0 Å². The van der Waals surface area contributed by atoms with Crippen molar-refractivity contribution >= 4 is 10.0 Å². The molecule has 12 heavy (non-hydrogen) atoms. The zero-order valence-electron chi connectivity index (χ0n) is 10.6. The van der Waals surface area contributed by atoms with Crippen molar-refractivity contribution in [1.82, 2.24) is 0 Å². The van der Waals surface area contributed by atoms with Gasteiger partial charge in [0, 0.05) is 20.9 Å². The molecule has 1 rings (SSSR count). The van der Waals surface area contributed by atoms with Crippen LogP contribution in [0, 0.1) is 5.92 Å².